The first-order chi connectivity index (χ1) is 44.0. The topological polar surface area (TPSA) is 144 Å². The van der Waals surface area contributed by atoms with Crippen molar-refractivity contribution in [3.8, 4) is 0 Å². The zero-order valence-electron chi connectivity index (χ0n) is 53.2. The molecule has 574 valence electrons. The molecule has 0 amide bonds. The predicted octanol–water partition coefficient (Wildman–Crippen LogP) is 14.6. The molecule has 8 atom stereocenters. The van der Waals surface area contributed by atoms with E-state index in [1.54, 1.807) is 0 Å². The average Bonchev–Trinajstić information content (AvgIpc) is 0.733. The molecule has 10 rings (SSSR count). The molecule has 2 aromatic rings. The summed E-state index contributed by atoms with van der Waals surface area (Å²) >= 11 is 6.34. The molecule has 8 heterocycles. The Kier molecular flexibility index (Phi) is 24.2. The number of guanidine groups is 4. The van der Waals surface area contributed by atoms with Gasteiger partial charge < -0.3 is 10.2 Å². The van der Waals surface area contributed by atoms with Crippen LogP contribution in [0.15, 0.2) is 60.7 Å². The van der Waals surface area contributed by atoms with Crippen LogP contribution in [0.1, 0.15) is 72.1 Å². The Balaban J connectivity index is 0.000000454. The number of halogens is 24. The van der Waals surface area contributed by atoms with Crippen LogP contribution in [-0.4, -0.2) is 199 Å². The van der Waals surface area contributed by atoms with Crippen LogP contribution in [0.4, 0.5) is 101 Å². The third kappa shape index (κ3) is 35.8. The summed E-state index contributed by atoms with van der Waals surface area (Å²) in [7, 11) is -45.2. The molecule has 8 aliphatic rings. The van der Waals surface area contributed by atoms with Crippen LogP contribution in [-0.2, 0) is 4.43 Å². The second-order valence-electron chi connectivity index (χ2n) is 26.0. The molecule has 98 heavy (non-hydrogen) atoms. The molecule has 8 aliphatic heterocycles. The van der Waals surface area contributed by atoms with Crippen molar-refractivity contribution in [3.63, 3.8) is 0 Å². The van der Waals surface area contributed by atoms with E-state index in [0.29, 0.717) is 55.4 Å². The number of nitrogens with one attached hydrogen (secondary N) is 8. The molecule has 0 unspecified atom stereocenters. The third-order valence-corrected chi connectivity index (χ3v) is 24.9. The number of nitrogens with two attached hydrogens (primary N) is 1. The first-order valence-electron chi connectivity index (χ1n) is 31.0. The standard InChI is InChI=1S/C52H81N13OS3Si.4F6P/c1-52(2,3)70(46-10-6-4-7-11-46,47-12-8-5-9-13-47)66-31-39-15-23-63-25-17-41(57-49(63)55-39)33-68-35-43-19-27-65-29-21-45(61-51(65)59-43)37-69-36-44-20-28-64-26-18-42(58-50(64)60-44)34-67-32-40-16-24-62-22-14-38(30-53)54-48(62)56-40;4*1-7(2,3,4,5)6/h4-13,38-45H,14-37,53H2,1-3H3,(H4,54,55,56,57,58,59,60,61);;;;/q;4*-1/p+4/t38-,39-,40-,41-,42-,43-,44-,45-;;;;/m1..../s1. The van der Waals surface area contributed by atoms with E-state index >= 15 is 0 Å². The van der Waals surface area contributed by atoms with Gasteiger partial charge in [0.15, 0.2) is 0 Å². The minimum atomic E-state index is -10.7. The van der Waals surface area contributed by atoms with E-state index in [1.165, 1.54) is 72.7 Å². The Morgan fingerprint density at radius 1 is 0.357 bits per heavy atom. The number of benzene rings is 2. The fraction of sp³-hybridized carbons (Fsp3) is 0.692. The fourth-order valence-corrected chi connectivity index (χ4v) is 20.2. The predicted molar refractivity (Wildman–Crippen MR) is 351 cm³/mol. The number of hydrogen-bond donors (Lipinski definition) is 9. The second kappa shape index (κ2) is 28.3. The summed E-state index contributed by atoms with van der Waals surface area (Å²) < 4.78 is 254. The van der Waals surface area contributed by atoms with E-state index in [2.05, 4.69) is 178 Å². The Hall–Kier alpha value is -3.25. The van der Waals surface area contributed by atoms with E-state index in [-0.39, 0.29) is 11.1 Å². The summed E-state index contributed by atoms with van der Waals surface area (Å²) in [4.78, 5) is 0. The molecule has 0 aromatic heterocycles. The molecular formula is C52H85F24N13OP4S3Si. The van der Waals surface area contributed by atoms with Crippen molar-refractivity contribution in [1.29, 1.82) is 0 Å². The van der Waals surface area contributed by atoms with Crippen LogP contribution in [0, 0.1) is 0 Å². The first-order valence-corrected chi connectivity index (χ1v) is 44.5. The van der Waals surface area contributed by atoms with Crippen molar-refractivity contribution in [2.45, 2.75) is 126 Å². The zero-order chi connectivity index (χ0) is 73.6. The van der Waals surface area contributed by atoms with Gasteiger partial charge in [-0.1, -0.05) is 81.4 Å². The first kappa shape index (κ1) is 83.7. The van der Waals surface area contributed by atoms with Crippen LogP contribution in [0.3, 0.4) is 0 Å². The van der Waals surface area contributed by atoms with Gasteiger partial charge in [0, 0.05) is 92.4 Å². The van der Waals surface area contributed by atoms with Crippen LogP contribution in [0.5, 0.6) is 0 Å². The average molecular weight is 1610 g/mol. The summed E-state index contributed by atoms with van der Waals surface area (Å²) in [5.74, 6) is 11.8. The molecule has 0 saturated heterocycles. The summed E-state index contributed by atoms with van der Waals surface area (Å²) in [5.41, 5.74) is 5.97. The molecule has 14 nitrogen and oxygen atoms in total. The van der Waals surface area contributed by atoms with Gasteiger partial charge in [0.25, 0.3) is 8.32 Å². The van der Waals surface area contributed by atoms with Crippen LogP contribution >= 0.6 is 66.5 Å². The summed E-state index contributed by atoms with van der Waals surface area (Å²) in [6.07, 6.45) is 9.46. The van der Waals surface area contributed by atoms with E-state index < -0.39 is 39.6 Å². The monoisotopic (exact) mass is 1610 g/mol. The molecule has 2 aromatic carbocycles. The molecule has 0 spiro atoms. The Morgan fingerprint density at radius 3 is 0.765 bits per heavy atom. The van der Waals surface area contributed by atoms with Crippen molar-refractivity contribution >= 4 is 109 Å². The molecular weight excluding hydrogens is 1530 g/mol. The number of hydrogen-bond acceptors (Lipinski definition) is 13. The summed E-state index contributed by atoms with van der Waals surface area (Å²) in [5, 5.41) is 33.7. The van der Waals surface area contributed by atoms with Crippen molar-refractivity contribution in [1.82, 2.24) is 42.5 Å². The molecule has 0 aliphatic carbocycles. The van der Waals surface area contributed by atoms with Crippen molar-refractivity contribution in [2.75, 3.05) is 100 Å². The van der Waals surface area contributed by atoms with Crippen LogP contribution in [0.25, 0.3) is 0 Å². The maximum absolute atomic E-state index is 10.7. The van der Waals surface area contributed by atoms with Gasteiger partial charge in [-0.05, 0) is 15.4 Å². The Morgan fingerprint density at radius 2 is 0.551 bits per heavy atom. The van der Waals surface area contributed by atoms with Gasteiger partial charge in [0.2, 0.25) is 0 Å². The number of thioether (sulfide) groups is 3. The van der Waals surface area contributed by atoms with E-state index in [4.69, 9.17) is 10.2 Å². The summed E-state index contributed by atoms with van der Waals surface area (Å²) in [6, 6.07) is 25.8. The van der Waals surface area contributed by atoms with Gasteiger partial charge in [0.05, 0.1) is 107 Å². The van der Waals surface area contributed by atoms with Gasteiger partial charge in [-0.25, -0.2) is 0 Å². The Labute approximate surface area is 564 Å². The second-order valence-corrected chi connectivity index (χ2v) is 41.2. The fourth-order valence-electron chi connectivity index (χ4n) is 12.0. The molecule has 0 radical (unpaired) electrons. The quantitative estimate of drug-likeness (QED) is 0.0303. The van der Waals surface area contributed by atoms with Gasteiger partial charge in [-0.2, -0.15) is 35.3 Å². The van der Waals surface area contributed by atoms with Crippen molar-refractivity contribution in [2.24, 2.45) is 5.73 Å². The zero-order valence-corrected chi connectivity index (χ0v) is 60.2. The minimum absolute atomic E-state index is 0.0282. The molecule has 0 bridgehead atoms. The SMILES string of the molecule is CC(C)(C)[Si](OC[C@H]1CC[N+]2=C(N1)N[C@@H](CSC[C@H]1CC[N+]3=C(N1)N[C@@H](CSC[C@H]1CC[N+]4=C(N1)N[C@@H](CSC[C@H]1CC[N+]5=C(N1)N[C@@H](CN)CC5)CC4)CC3)CC2)(c1ccccc1)c1ccccc1.F[P-](F)(F)(F)(F)F.F[P-](F)(F)(F)(F)F.F[P-](F)(F)(F)(F)F.F[P-](F)(F)(F)(F)F. The van der Waals surface area contributed by atoms with Gasteiger partial charge >= 0.3 is 156 Å². The number of rotatable bonds is 18. The van der Waals surface area contributed by atoms with E-state index in [9.17, 15) is 101 Å². The van der Waals surface area contributed by atoms with E-state index in [0.717, 1.165) is 99.7 Å². The van der Waals surface area contributed by atoms with Gasteiger partial charge in [-0.3, -0.25) is 60.8 Å². The van der Waals surface area contributed by atoms with Crippen molar-refractivity contribution in [3.05, 3.63) is 60.7 Å². The molecule has 0 fully saturated rings. The van der Waals surface area contributed by atoms with Crippen LogP contribution < -0.4 is 58.6 Å². The Bertz CT molecular complexity index is 2990. The molecule has 46 heteroatoms. The third-order valence-electron chi connectivity index (χ3n) is 16.1. The van der Waals surface area contributed by atoms with Crippen LogP contribution in [0.2, 0.25) is 5.04 Å². The molecule has 10 N–H and O–H groups in total. The van der Waals surface area contributed by atoms with Gasteiger partial charge in [-0.15, -0.1) is 0 Å². The van der Waals surface area contributed by atoms with Crippen molar-refractivity contribution < 1.29 is 123 Å². The summed E-state index contributed by atoms with van der Waals surface area (Å²) in [6.45, 7) is 17.6. The van der Waals surface area contributed by atoms with E-state index in [1.807, 2.05) is 0 Å². The maximum atomic E-state index is 9.87. The van der Waals surface area contributed by atoms with Gasteiger partial charge in [0.1, 0.15) is 0 Å². The molecule has 0 saturated carbocycles. The normalized spacial score (nSPS) is 27.3. The number of nitrogens with zero attached hydrogens (tertiary/aromatic N) is 4.